The first kappa shape index (κ1) is 20.7. The van der Waals surface area contributed by atoms with Crippen LogP contribution in [0.2, 0.25) is 0 Å². The second-order valence-electron chi connectivity index (χ2n) is 6.40. The lowest BCUT2D eigenvalue weighted by Crippen LogP contribution is -3.00. The summed E-state index contributed by atoms with van der Waals surface area (Å²) in [4.78, 5) is 24.2. The molecule has 1 unspecified atom stereocenters. The predicted octanol–water partition coefficient (Wildman–Crippen LogP) is -6.03. The maximum absolute atomic E-state index is 12.2. The average Bonchev–Trinajstić information content (AvgIpc) is 2.46. The molecule has 1 amide bonds. The molecule has 0 aromatic heterocycles. The fourth-order valence-corrected chi connectivity index (χ4v) is 3.03. The van der Waals surface area contributed by atoms with Crippen LogP contribution in [0.5, 0.6) is 0 Å². The lowest BCUT2D eigenvalue weighted by Gasteiger charge is -2.48. The summed E-state index contributed by atoms with van der Waals surface area (Å²) in [5, 5.41) is 42.4. The third-order valence-corrected chi connectivity index (χ3v) is 4.43. The fraction of sp³-hybridized carbons (Fsp3) is 0.714. The molecule has 1 heterocycles. The molecule has 24 heavy (non-hydrogen) atoms. The van der Waals surface area contributed by atoms with Crippen molar-refractivity contribution in [2.24, 2.45) is 5.92 Å². The number of amides is 1. The number of hydrogen-bond donors (Lipinski definition) is 6. The molecule has 138 valence electrons. The van der Waals surface area contributed by atoms with Gasteiger partial charge in [-0.25, -0.2) is 4.79 Å². The molecular formula is C14H23ClN2O7. The van der Waals surface area contributed by atoms with Crippen LogP contribution in [0.1, 0.15) is 20.3 Å². The lowest BCUT2D eigenvalue weighted by molar-refractivity contribution is -0.398. The first-order valence-corrected chi connectivity index (χ1v) is 7.38. The summed E-state index contributed by atoms with van der Waals surface area (Å²) in [6.07, 6.45) is -2.98. The van der Waals surface area contributed by atoms with Gasteiger partial charge in [0.1, 0.15) is 5.76 Å². The predicted molar refractivity (Wildman–Crippen MR) is 75.6 cm³/mol. The van der Waals surface area contributed by atoms with Gasteiger partial charge < -0.3 is 48.6 Å². The molecule has 0 bridgehead atoms. The summed E-state index contributed by atoms with van der Waals surface area (Å²) in [5.41, 5.74) is 1.90. The third-order valence-electron chi connectivity index (χ3n) is 4.43. The summed E-state index contributed by atoms with van der Waals surface area (Å²) < 4.78 is 5.21. The van der Waals surface area contributed by atoms with Crippen molar-refractivity contribution in [1.29, 1.82) is 0 Å². The van der Waals surface area contributed by atoms with Gasteiger partial charge in [0.25, 0.3) is 5.91 Å². The Bertz CT molecular complexity index is 553. The highest BCUT2D eigenvalue weighted by atomic mass is 35.5. The van der Waals surface area contributed by atoms with Gasteiger partial charge in [-0.15, -0.1) is 0 Å². The smallest absolute Gasteiger partial charge is 0.338 e. The van der Waals surface area contributed by atoms with Crippen molar-refractivity contribution in [2.45, 2.75) is 50.2 Å². The fourth-order valence-electron chi connectivity index (χ4n) is 3.03. The molecule has 2 rings (SSSR count). The number of aliphatic hydroxyl groups excluding tert-OH is 4. The van der Waals surface area contributed by atoms with Gasteiger partial charge in [-0.3, -0.25) is 4.79 Å². The van der Waals surface area contributed by atoms with Crippen LogP contribution in [-0.4, -0.2) is 68.8 Å². The van der Waals surface area contributed by atoms with Crippen molar-refractivity contribution in [3.8, 4) is 0 Å². The number of cyclic esters (lactones) is 1. The van der Waals surface area contributed by atoms with Crippen LogP contribution in [0.4, 0.5) is 0 Å². The van der Waals surface area contributed by atoms with E-state index >= 15 is 0 Å². The number of aliphatic hydroxyl groups is 4. The second-order valence-corrected chi connectivity index (χ2v) is 6.40. The van der Waals surface area contributed by atoms with E-state index in [4.69, 9.17) is 4.74 Å². The van der Waals surface area contributed by atoms with E-state index in [0.717, 1.165) is 0 Å². The van der Waals surface area contributed by atoms with E-state index in [1.165, 1.54) is 6.92 Å². The summed E-state index contributed by atoms with van der Waals surface area (Å²) in [5.74, 6) is -2.85. The summed E-state index contributed by atoms with van der Waals surface area (Å²) in [6, 6.07) is -1.65. The van der Waals surface area contributed by atoms with Crippen LogP contribution < -0.4 is 23.5 Å². The molecule has 1 saturated heterocycles. The minimum Gasteiger partial charge on any atom is -1.00 e. The highest BCUT2D eigenvalue weighted by Gasteiger charge is 2.57. The van der Waals surface area contributed by atoms with Gasteiger partial charge in [-0.05, 0) is 13.8 Å². The van der Waals surface area contributed by atoms with Crippen LogP contribution in [0.15, 0.2) is 11.3 Å². The van der Waals surface area contributed by atoms with Gasteiger partial charge in [-0.2, -0.15) is 0 Å². The number of nitrogens with one attached hydrogen (secondary N) is 1. The zero-order valence-electron chi connectivity index (χ0n) is 13.4. The SMILES string of the molecule is CC([NH3+])C(=O)N[C@@H]1[C@H]2C(=C(O)C[C@@H](O)[C@@H]2O)C(=O)O[C@]1(C)CO.[Cl-]. The van der Waals surface area contributed by atoms with E-state index in [0.29, 0.717) is 0 Å². The molecule has 0 saturated carbocycles. The Morgan fingerprint density at radius 3 is 2.58 bits per heavy atom. The quantitative estimate of drug-likeness (QED) is 0.271. The highest BCUT2D eigenvalue weighted by molar-refractivity contribution is 5.92. The van der Waals surface area contributed by atoms with Gasteiger partial charge in [0, 0.05) is 12.3 Å². The Morgan fingerprint density at radius 1 is 1.50 bits per heavy atom. The largest absolute Gasteiger partial charge is 1.00 e. The molecule has 0 aromatic carbocycles. The average molecular weight is 367 g/mol. The van der Waals surface area contributed by atoms with Gasteiger partial charge in [0.15, 0.2) is 11.6 Å². The molecule has 0 aromatic rings. The number of hydrogen-bond acceptors (Lipinski definition) is 7. The molecular weight excluding hydrogens is 344 g/mol. The number of esters is 1. The van der Waals surface area contributed by atoms with Crippen LogP contribution in [-0.2, 0) is 14.3 Å². The zero-order chi connectivity index (χ0) is 17.5. The third kappa shape index (κ3) is 3.35. The number of ether oxygens (including phenoxy) is 1. The molecule has 10 heteroatoms. The number of halogens is 1. The lowest BCUT2D eigenvalue weighted by atomic mass is 9.70. The van der Waals surface area contributed by atoms with Crippen LogP contribution in [0, 0.1) is 5.92 Å². The summed E-state index contributed by atoms with van der Waals surface area (Å²) in [7, 11) is 0. The van der Waals surface area contributed by atoms with Crippen molar-refractivity contribution in [1.82, 2.24) is 5.32 Å². The van der Waals surface area contributed by atoms with Crippen molar-refractivity contribution in [2.75, 3.05) is 6.61 Å². The van der Waals surface area contributed by atoms with Crippen LogP contribution >= 0.6 is 0 Å². The Morgan fingerprint density at radius 2 is 2.08 bits per heavy atom. The Balaban J connectivity index is 0.00000288. The van der Waals surface area contributed by atoms with E-state index in [1.54, 1.807) is 6.92 Å². The minimum absolute atomic E-state index is 0. The molecule has 0 radical (unpaired) electrons. The molecule has 6 atom stereocenters. The van der Waals surface area contributed by atoms with Gasteiger partial charge >= 0.3 is 5.97 Å². The first-order valence-electron chi connectivity index (χ1n) is 7.38. The van der Waals surface area contributed by atoms with Gasteiger partial charge in [-0.1, -0.05) is 0 Å². The van der Waals surface area contributed by atoms with E-state index < -0.39 is 54.3 Å². The minimum atomic E-state index is -1.51. The monoisotopic (exact) mass is 366 g/mol. The van der Waals surface area contributed by atoms with E-state index in [2.05, 4.69) is 11.1 Å². The normalized spacial score (nSPS) is 37.0. The van der Waals surface area contributed by atoms with Crippen LogP contribution in [0.25, 0.3) is 0 Å². The number of carbonyl (C=O) groups excluding carboxylic acids is 2. The maximum Gasteiger partial charge on any atom is 0.338 e. The van der Waals surface area contributed by atoms with Gasteiger partial charge in [0.2, 0.25) is 0 Å². The van der Waals surface area contributed by atoms with Crippen molar-refractivity contribution in [3.05, 3.63) is 11.3 Å². The molecule has 1 fully saturated rings. The Labute approximate surface area is 144 Å². The zero-order valence-corrected chi connectivity index (χ0v) is 14.2. The Kier molecular flexibility index (Phi) is 6.23. The molecule has 0 spiro atoms. The number of carbonyl (C=O) groups is 2. The van der Waals surface area contributed by atoms with Crippen molar-refractivity contribution < 1.29 is 52.9 Å². The maximum atomic E-state index is 12.2. The first-order chi connectivity index (χ1) is 10.6. The Hall–Kier alpha value is -1.39. The molecule has 8 N–H and O–H groups in total. The van der Waals surface area contributed by atoms with Crippen LogP contribution in [0.3, 0.4) is 0 Å². The number of quaternary nitrogens is 1. The van der Waals surface area contributed by atoms with E-state index in [1.807, 2.05) is 0 Å². The van der Waals surface area contributed by atoms with E-state index in [9.17, 15) is 30.0 Å². The molecule has 9 nitrogen and oxygen atoms in total. The topological polar surface area (TPSA) is 164 Å². The molecule has 1 aliphatic heterocycles. The van der Waals surface area contributed by atoms with Crippen molar-refractivity contribution in [3.63, 3.8) is 0 Å². The number of fused-ring (bicyclic) bond motifs is 1. The second kappa shape index (κ2) is 7.24. The van der Waals surface area contributed by atoms with Crippen molar-refractivity contribution >= 4 is 11.9 Å². The highest BCUT2D eigenvalue weighted by Crippen LogP contribution is 2.41. The number of rotatable bonds is 3. The summed E-state index contributed by atoms with van der Waals surface area (Å²) >= 11 is 0. The molecule has 1 aliphatic carbocycles. The van der Waals surface area contributed by atoms with E-state index in [-0.39, 0.29) is 30.2 Å². The summed E-state index contributed by atoms with van der Waals surface area (Å²) in [6.45, 7) is 2.36. The van der Waals surface area contributed by atoms with Gasteiger partial charge in [0.05, 0.1) is 30.4 Å². The standard InChI is InChI=1S/C14H22N2O7.ClH/c1-5(15)12(21)16-11-9-8(6(18)3-7(19)10(9)20)13(22)23-14(11,2)4-17;/h5,7,9-11,17-20H,3-4,15H2,1-2H3,(H,16,21);1H/t5?,7-,9+,10+,11-,14-;/m1./s1. The molecule has 2 aliphatic rings.